The minimum absolute atomic E-state index is 0. The van der Waals surface area contributed by atoms with Crippen LogP contribution in [0, 0.1) is 39.8 Å². The largest absolute Gasteiger partial charge is 2.00 e. The Bertz CT molecular complexity index is 1530. The molecule has 0 aliphatic rings. The zero-order chi connectivity index (χ0) is 29.7. The number of hydrogen-bond acceptors (Lipinski definition) is 5. The molecule has 0 saturated heterocycles. The first-order chi connectivity index (χ1) is 20.4. The third-order valence-electron chi connectivity index (χ3n) is 6.30. The molecule has 216 valence electrons. The van der Waals surface area contributed by atoms with Crippen LogP contribution in [0.5, 0.6) is 0 Å². The molecular formula is C37H35N5Os. The van der Waals surface area contributed by atoms with Crippen molar-refractivity contribution in [3.63, 3.8) is 0 Å². The van der Waals surface area contributed by atoms with Crippen molar-refractivity contribution < 1.29 is 19.8 Å². The Morgan fingerprint density at radius 2 is 1.09 bits per heavy atom. The van der Waals surface area contributed by atoms with Gasteiger partial charge in [0, 0.05) is 24.8 Å². The van der Waals surface area contributed by atoms with Gasteiger partial charge in [-0.05, 0) is 86.2 Å². The van der Waals surface area contributed by atoms with Crippen molar-refractivity contribution in [2.24, 2.45) is 5.73 Å². The fourth-order valence-electron chi connectivity index (χ4n) is 4.03. The molecule has 6 rings (SSSR count). The van der Waals surface area contributed by atoms with E-state index in [1.807, 2.05) is 97.5 Å². The van der Waals surface area contributed by atoms with E-state index in [2.05, 4.69) is 71.9 Å². The number of benzene rings is 2. The second-order valence-electron chi connectivity index (χ2n) is 9.96. The van der Waals surface area contributed by atoms with Gasteiger partial charge in [-0.1, -0.05) is 30.7 Å². The summed E-state index contributed by atoms with van der Waals surface area (Å²) in [5.41, 5.74) is 17.3. The van der Waals surface area contributed by atoms with Crippen LogP contribution in [-0.2, 0) is 26.3 Å². The van der Waals surface area contributed by atoms with Gasteiger partial charge in [-0.3, -0.25) is 9.97 Å². The summed E-state index contributed by atoms with van der Waals surface area (Å²) < 4.78 is 0. The van der Waals surface area contributed by atoms with Gasteiger partial charge in [0.05, 0.1) is 11.4 Å². The van der Waals surface area contributed by atoms with E-state index < -0.39 is 0 Å². The summed E-state index contributed by atoms with van der Waals surface area (Å²) in [6, 6.07) is 36.3. The molecule has 0 radical (unpaired) electrons. The smallest absolute Gasteiger partial charge is 0.335 e. The fraction of sp³-hybridized carbons (Fsp3) is 0.135. The molecule has 5 nitrogen and oxygen atoms in total. The number of nitrogens with two attached hydrogens (primary N) is 1. The molecular weight excluding hydrogens is 705 g/mol. The Hall–Kier alpha value is -4.36. The monoisotopic (exact) mass is 741 g/mol. The molecule has 0 amide bonds. The summed E-state index contributed by atoms with van der Waals surface area (Å²) in [7, 11) is 0. The summed E-state index contributed by atoms with van der Waals surface area (Å²) in [5, 5.41) is 0. The molecule has 2 N–H and O–H groups in total. The number of hydrogen-bond donors (Lipinski definition) is 1. The van der Waals surface area contributed by atoms with Gasteiger partial charge in [-0.15, -0.1) is 70.8 Å². The van der Waals surface area contributed by atoms with Crippen molar-refractivity contribution in [3.8, 4) is 33.9 Å². The maximum atomic E-state index is 5.50. The number of rotatable bonds is 4. The van der Waals surface area contributed by atoms with Gasteiger partial charge in [-0.2, -0.15) is 0 Å². The van der Waals surface area contributed by atoms with Gasteiger partial charge in [0.1, 0.15) is 0 Å². The van der Waals surface area contributed by atoms with Gasteiger partial charge in [-0.25, -0.2) is 0 Å². The summed E-state index contributed by atoms with van der Waals surface area (Å²) in [4.78, 5) is 17.1. The maximum Gasteiger partial charge on any atom is 2.00 e. The quantitative estimate of drug-likeness (QED) is 0.186. The molecule has 0 unspecified atom stereocenters. The van der Waals surface area contributed by atoms with Crippen LogP contribution in [0.2, 0.25) is 0 Å². The van der Waals surface area contributed by atoms with Gasteiger partial charge < -0.3 is 15.7 Å². The van der Waals surface area contributed by atoms with Crippen LogP contribution >= 0.6 is 0 Å². The zero-order valence-electron chi connectivity index (χ0n) is 24.9. The predicted octanol–water partition coefficient (Wildman–Crippen LogP) is 7.93. The molecule has 4 heterocycles. The first-order valence-corrected chi connectivity index (χ1v) is 13.8. The van der Waals surface area contributed by atoms with E-state index in [1.165, 1.54) is 22.3 Å². The zero-order valence-corrected chi connectivity index (χ0v) is 27.4. The molecule has 2 aromatic carbocycles. The van der Waals surface area contributed by atoms with Crippen LogP contribution in [-0.4, -0.2) is 19.9 Å². The molecule has 43 heavy (non-hydrogen) atoms. The third-order valence-corrected chi connectivity index (χ3v) is 6.30. The Labute approximate surface area is 268 Å². The third kappa shape index (κ3) is 10.4. The average Bonchev–Trinajstić information content (AvgIpc) is 3.02. The summed E-state index contributed by atoms with van der Waals surface area (Å²) in [5.74, 6) is 0. The number of aryl methyl sites for hydroxylation is 4. The Morgan fingerprint density at radius 3 is 1.58 bits per heavy atom. The van der Waals surface area contributed by atoms with Crippen molar-refractivity contribution in [1.29, 1.82) is 0 Å². The van der Waals surface area contributed by atoms with E-state index >= 15 is 0 Å². The van der Waals surface area contributed by atoms with E-state index in [0.717, 1.165) is 39.5 Å². The van der Waals surface area contributed by atoms with Gasteiger partial charge in [0.2, 0.25) is 0 Å². The van der Waals surface area contributed by atoms with Gasteiger partial charge in [0.15, 0.2) is 0 Å². The first-order valence-electron chi connectivity index (χ1n) is 13.8. The van der Waals surface area contributed by atoms with Crippen molar-refractivity contribution in [2.75, 3.05) is 0 Å². The van der Waals surface area contributed by atoms with E-state index in [-0.39, 0.29) is 19.8 Å². The second-order valence-corrected chi connectivity index (χ2v) is 9.96. The van der Waals surface area contributed by atoms with E-state index in [4.69, 9.17) is 5.73 Å². The summed E-state index contributed by atoms with van der Waals surface area (Å²) in [6.45, 7) is 8.81. The summed E-state index contributed by atoms with van der Waals surface area (Å²) in [6.07, 6.45) is 7.24. The van der Waals surface area contributed by atoms with Crippen LogP contribution in [0.4, 0.5) is 0 Å². The van der Waals surface area contributed by atoms with Crippen molar-refractivity contribution >= 4 is 0 Å². The molecule has 0 atom stereocenters. The van der Waals surface area contributed by atoms with Crippen molar-refractivity contribution in [3.05, 3.63) is 156 Å². The molecule has 0 bridgehead atoms. The number of nitrogens with zero attached hydrogens (tertiary/aromatic N) is 4. The Morgan fingerprint density at radius 1 is 0.535 bits per heavy atom. The minimum Gasteiger partial charge on any atom is -0.335 e. The fourth-order valence-corrected chi connectivity index (χ4v) is 4.03. The number of aromatic nitrogens is 4. The molecule has 0 aliphatic carbocycles. The van der Waals surface area contributed by atoms with Crippen LogP contribution in [0.3, 0.4) is 0 Å². The van der Waals surface area contributed by atoms with Crippen molar-refractivity contribution in [2.45, 2.75) is 34.2 Å². The maximum absolute atomic E-state index is 5.50. The topological polar surface area (TPSA) is 77.6 Å². The van der Waals surface area contributed by atoms with Gasteiger partial charge >= 0.3 is 19.8 Å². The van der Waals surface area contributed by atoms with E-state index in [9.17, 15) is 0 Å². The Kier molecular flexibility index (Phi) is 13.0. The minimum atomic E-state index is 0. The molecule has 6 aromatic rings. The first kappa shape index (κ1) is 33.1. The normalized spacial score (nSPS) is 9.88. The molecule has 0 fully saturated rings. The van der Waals surface area contributed by atoms with Crippen LogP contribution in [0.25, 0.3) is 33.9 Å². The van der Waals surface area contributed by atoms with Crippen molar-refractivity contribution in [1.82, 2.24) is 19.9 Å². The summed E-state index contributed by atoms with van der Waals surface area (Å²) >= 11 is 0. The molecule has 0 saturated carbocycles. The number of pyridine rings is 4. The standard InChI is InChI=1S/C13H12N.C12H12N2.C12H11N2.Os/c1-10-4-3-5-12(8-10)13-9-11(2)6-7-14-13;1-9-3-5-13-11(7-9)12-8-10(2)4-6-14-12;13-9-10-4-6-11(7-5-10)12-3-1-2-8-14-12;/h3-4,6-9H,1-2H3;3-8H,1-2H3;1-6,8H,9,13H2;/q-1;;-1;+2. The molecule has 0 aliphatic heterocycles. The predicted molar refractivity (Wildman–Crippen MR) is 171 cm³/mol. The Balaban J connectivity index is 0.000000175. The SMILES string of the molecule is Cc1cc[c-]c(-c2cc(C)ccn2)c1.Cc1ccnc(-c2cc(C)ccn2)c1.NCc1c[c-]c(-c2ccccn2)cc1.[Os+2]. The van der Waals surface area contributed by atoms with Crippen LogP contribution in [0.15, 0.2) is 116 Å². The molecule has 0 spiro atoms. The van der Waals surface area contributed by atoms with E-state index in [0.29, 0.717) is 6.54 Å². The second kappa shape index (κ2) is 16.9. The van der Waals surface area contributed by atoms with Crippen LogP contribution in [0.1, 0.15) is 27.8 Å². The van der Waals surface area contributed by atoms with E-state index in [1.54, 1.807) is 6.20 Å². The average molecular weight is 740 g/mol. The molecule has 4 aromatic heterocycles. The van der Waals surface area contributed by atoms with Gasteiger partial charge in [0.25, 0.3) is 0 Å². The van der Waals surface area contributed by atoms with Crippen LogP contribution < -0.4 is 5.73 Å². The molecule has 6 heteroatoms.